The van der Waals surface area contributed by atoms with E-state index in [1.165, 1.54) is 11.8 Å². The number of hydrogen-bond acceptors (Lipinski definition) is 14. The van der Waals surface area contributed by atoms with Crippen molar-refractivity contribution in [2.24, 2.45) is 48.6 Å². The first-order valence-electron chi connectivity index (χ1n) is 24.2. The number of nitrogens with zero attached hydrogens (tertiary/aromatic N) is 5. The number of aliphatic imine (C=N–C) groups is 4. The number of hydrogen-bond donors (Lipinski definition) is 9. The molecule has 2 aromatic rings. The van der Waals surface area contributed by atoms with Gasteiger partial charge in [-0.2, -0.15) is 11.8 Å². The van der Waals surface area contributed by atoms with Crippen LogP contribution in [0.3, 0.4) is 0 Å². The number of unbranched alkanes of at least 4 members (excludes halogenated alkanes) is 3. The van der Waals surface area contributed by atoms with Crippen LogP contribution in [-0.4, -0.2) is 144 Å². The molecule has 0 bridgehead atoms. The van der Waals surface area contributed by atoms with E-state index in [1.807, 2.05) is 0 Å². The van der Waals surface area contributed by atoms with Crippen molar-refractivity contribution in [3.8, 4) is 0 Å². The number of nitrogens with one attached hydrogen (secondary N) is 3. The molecule has 0 spiro atoms. The van der Waals surface area contributed by atoms with Gasteiger partial charge < -0.3 is 53.5 Å². The predicted molar refractivity (Wildman–Crippen MR) is 286 cm³/mol. The zero-order chi connectivity index (χ0) is 54.0. The van der Waals surface area contributed by atoms with Crippen LogP contribution in [0.2, 0.25) is 0 Å². The van der Waals surface area contributed by atoms with Crippen molar-refractivity contribution in [3.05, 3.63) is 71.8 Å². The fourth-order valence-electron chi connectivity index (χ4n) is 6.80. The van der Waals surface area contributed by atoms with E-state index >= 15 is 4.57 Å². The van der Waals surface area contributed by atoms with Gasteiger partial charge in [0.1, 0.15) is 56.7 Å². The van der Waals surface area contributed by atoms with Crippen molar-refractivity contribution in [2.45, 2.75) is 116 Å². The second-order valence-electron chi connectivity index (χ2n) is 17.2. The molecular weight excluding hydrogens is 985 g/mol. The van der Waals surface area contributed by atoms with Gasteiger partial charge in [-0.3, -0.25) is 43.7 Å². The average Bonchev–Trinajstić information content (AvgIpc) is 3.35. The van der Waals surface area contributed by atoms with Crippen molar-refractivity contribution < 1.29 is 47.5 Å². The summed E-state index contributed by atoms with van der Waals surface area (Å²) in [5.41, 5.74) is 30.5. The molecule has 0 fully saturated rings. The molecule has 25 heteroatoms. The molecule has 406 valence electrons. The molecule has 73 heavy (non-hydrogen) atoms. The average molecular weight is 1060 g/mol. The summed E-state index contributed by atoms with van der Waals surface area (Å²) < 4.78 is 40.4. The van der Waals surface area contributed by atoms with Gasteiger partial charge >= 0.3 is 17.9 Å². The van der Waals surface area contributed by atoms with Crippen LogP contribution in [0.5, 0.6) is 0 Å². The maximum Gasteiger partial charge on any atom is 0.327 e. The summed E-state index contributed by atoms with van der Waals surface area (Å²) in [4.78, 5) is 86.5. The van der Waals surface area contributed by atoms with Gasteiger partial charge in [0.25, 0.3) is 0 Å². The maximum atomic E-state index is 16.0. The lowest BCUT2D eigenvalue weighted by molar-refractivity contribution is -0.147. The number of ether oxygens (including phenoxy) is 2. The number of halogens is 1. The van der Waals surface area contributed by atoms with E-state index in [0.29, 0.717) is 92.5 Å². The number of nitrogens with two attached hydrogens (primary N) is 5. The molecule has 0 saturated heterocycles. The summed E-state index contributed by atoms with van der Waals surface area (Å²) in [6.07, 6.45) is 1.56. The third kappa shape index (κ3) is 28.8. The van der Waals surface area contributed by atoms with Crippen LogP contribution in [-0.2, 0) is 51.2 Å². The molecule has 14 N–H and O–H groups in total. The Morgan fingerprint density at radius 2 is 1.14 bits per heavy atom. The summed E-state index contributed by atoms with van der Waals surface area (Å²) in [5, 5.41) is 18.4. The number of carboxylic acids is 1. The highest BCUT2D eigenvalue weighted by molar-refractivity contribution is 7.99. The van der Waals surface area contributed by atoms with E-state index in [4.69, 9.17) is 38.1 Å². The van der Waals surface area contributed by atoms with E-state index in [9.17, 15) is 33.5 Å². The van der Waals surface area contributed by atoms with E-state index in [0.717, 1.165) is 4.90 Å². The van der Waals surface area contributed by atoms with E-state index in [-0.39, 0.29) is 50.6 Å². The summed E-state index contributed by atoms with van der Waals surface area (Å²) >= 11 is 1.20. The van der Waals surface area contributed by atoms with Gasteiger partial charge in [-0.15, -0.1) is 0 Å². The molecule has 2 amide bonds. The van der Waals surface area contributed by atoms with Crippen molar-refractivity contribution in [1.82, 2.24) is 20.4 Å². The Bertz CT molecular complexity index is 2070. The monoisotopic (exact) mass is 1060 g/mol. The van der Waals surface area contributed by atoms with Crippen molar-refractivity contribution in [3.63, 3.8) is 0 Å². The van der Waals surface area contributed by atoms with E-state index in [2.05, 4.69) is 35.5 Å². The Balaban J connectivity index is 2.72. The smallest absolute Gasteiger partial charge is 0.327 e. The molecule has 22 nitrogen and oxygen atoms in total. The Morgan fingerprint density at radius 1 is 0.685 bits per heavy atom. The number of alkyl halides is 1. The topological polar surface area (TPSA) is 360 Å². The minimum absolute atomic E-state index is 0.0324. The normalized spacial score (nSPS) is 14.8. The van der Waals surface area contributed by atoms with E-state index in [1.54, 1.807) is 81.4 Å². The molecule has 0 aliphatic rings. The molecule has 0 aliphatic carbocycles. The minimum atomic E-state index is -4.55. The largest absolute Gasteiger partial charge is 0.480 e. The molecule has 2 aromatic carbocycles. The second-order valence-corrected chi connectivity index (χ2v) is 20.6. The van der Waals surface area contributed by atoms with Crippen molar-refractivity contribution in [1.29, 1.82) is 0 Å². The second kappa shape index (κ2) is 36.1. The molecule has 0 heterocycles. The number of carbonyl (C=O) groups excluding carboxylic acids is 4. The zero-order valence-electron chi connectivity index (χ0n) is 42.3. The third-order valence-corrected chi connectivity index (χ3v) is 13.7. The summed E-state index contributed by atoms with van der Waals surface area (Å²) in [5.74, 6) is -3.55. The Labute approximate surface area is 432 Å². The zero-order valence-corrected chi connectivity index (χ0v) is 44.0. The third-order valence-electron chi connectivity index (χ3n) is 10.5. The first-order chi connectivity index (χ1) is 34.8. The summed E-state index contributed by atoms with van der Waals surface area (Å²) in [7, 11) is -4.55. The molecule has 2 rings (SSSR count). The first kappa shape index (κ1) is 63.2. The SMILES string of the molecule is CC(N)=NCCCCC(NP(=O)(CN(CC(=O)NC(CSCCN=C(C)N)C(=O)O)C(=O)C(N)CCCCN=C(N)CF)NC(CCCCN=C(C)N)C(=O)OCc1ccccc1)C(=O)OCc1ccccc1. The van der Waals surface area contributed by atoms with E-state index < -0.39 is 80.8 Å². The molecule has 0 aromatic heterocycles. The van der Waals surface area contributed by atoms with Crippen LogP contribution in [0.25, 0.3) is 0 Å². The number of benzene rings is 2. The molecule has 0 saturated carbocycles. The number of aliphatic carboxylic acids is 1. The maximum absolute atomic E-state index is 16.0. The number of esters is 2. The molecular formula is C48H77FN13O9PS. The van der Waals surface area contributed by atoms with Gasteiger partial charge in [0.15, 0.2) is 0 Å². The van der Waals surface area contributed by atoms with Crippen LogP contribution in [0.4, 0.5) is 4.39 Å². The predicted octanol–water partition coefficient (Wildman–Crippen LogP) is 2.97. The van der Waals surface area contributed by atoms with Gasteiger partial charge in [0, 0.05) is 37.7 Å². The number of amides is 2. The highest BCUT2D eigenvalue weighted by Crippen LogP contribution is 2.40. The van der Waals surface area contributed by atoms with Gasteiger partial charge in [-0.25, -0.2) is 19.4 Å². The number of thioether (sulfide) groups is 1. The summed E-state index contributed by atoms with van der Waals surface area (Å²) in [6, 6.07) is 12.4. The molecule has 0 radical (unpaired) electrons. The lowest BCUT2D eigenvalue weighted by Gasteiger charge is -2.34. The Morgan fingerprint density at radius 3 is 1.59 bits per heavy atom. The van der Waals surface area contributed by atoms with Crippen molar-refractivity contribution >= 4 is 72.3 Å². The first-order valence-corrected chi connectivity index (χ1v) is 27.2. The lowest BCUT2D eigenvalue weighted by atomic mass is 10.1. The standard InChI is InChI=1S/C48H77FN13O9PS/c1-34(50)55-23-14-11-21-40(47(67)70-30-37-16-6-4-7-17-37)60-72(69,61-41(22-12-15-24-56-35(2)51)48(68)71-31-38-18-8-5-9-19-38)33-62(45(64)39(53)20-10-13-25-58-43(54)28-49)29-44(63)59-42(46(65)66)32-73-27-26-57-36(3)52/h4-9,16-19,39-42H,10-15,20-33,53H2,1-3H3,(H2,50,55)(H2,51,56)(H2,52,57)(H2,54,58)(H,59,63)(H,65,66)(H2,60,61,69). The van der Waals surface area contributed by atoms with Gasteiger partial charge in [0.2, 0.25) is 19.3 Å². The van der Waals surface area contributed by atoms with Gasteiger partial charge in [-0.05, 0) is 89.7 Å². The van der Waals surface area contributed by atoms with Crippen LogP contribution in [0.15, 0.2) is 80.6 Å². The van der Waals surface area contributed by atoms with Crippen LogP contribution >= 0.6 is 19.2 Å². The lowest BCUT2D eigenvalue weighted by Crippen LogP contribution is -2.53. The minimum Gasteiger partial charge on any atom is -0.480 e. The molecule has 4 unspecified atom stereocenters. The highest BCUT2D eigenvalue weighted by Gasteiger charge is 2.39. The number of carbonyl (C=O) groups is 5. The van der Waals surface area contributed by atoms with Gasteiger partial charge in [-0.1, -0.05) is 60.7 Å². The van der Waals surface area contributed by atoms with Crippen LogP contribution < -0.4 is 44.2 Å². The quantitative estimate of drug-likeness (QED) is 0.0153. The molecule has 0 aliphatic heterocycles. The summed E-state index contributed by atoms with van der Waals surface area (Å²) in [6.45, 7) is 3.96. The number of rotatable bonds is 38. The van der Waals surface area contributed by atoms with Gasteiger partial charge in [0.05, 0.1) is 23.5 Å². The number of amidine groups is 4. The Hall–Kier alpha value is -5.94. The van der Waals surface area contributed by atoms with Crippen LogP contribution in [0.1, 0.15) is 89.7 Å². The fourth-order valence-corrected chi connectivity index (χ4v) is 10.1. The number of carboxylic acid groups (broad SMARTS) is 1. The highest BCUT2D eigenvalue weighted by atomic mass is 32.2. The van der Waals surface area contributed by atoms with Crippen LogP contribution in [0, 0.1) is 0 Å². The Kier molecular flexibility index (Phi) is 31.2. The molecule has 4 atom stereocenters. The fraction of sp³-hybridized carbons (Fsp3) is 0.562. The van der Waals surface area contributed by atoms with Crippen molar-refractivity contribution in [2.75, 3.05) is 57.2 Å².